The predicted molar refractivity (Wildman–Crippen MR) is 28.4 cm³/mol. The molecular formula is C4H7OS. The highest BCUT2D eigenvalue weighted by atomic mass is 32.1. The Morgan fingerprint density at radius 2 is 2.33 bits per heavy atom. The van der Waals surface area contributed by atoms with Gasteiger partial charge in [-0.3, -0.25) is 0 Å². The third-order valence-corrected chi connectivity index (χ3v) is 0.962. The Hall–Kier alpha value is 0.0500. The van der Waals surface area contributed by atoms with Crippen LogP contribution in [0.15, 0.2) is 0 Å². The van der Waals surface area contributed by atoms with Crippen LogP contribution >= 0.6 is 12.2 Å². The first kappa shape index (κ1) is 6.05. The van der Waals surface area contributed by atoms with E-state index >= 15 is 0 Å². The Morgan fingerprint density at radius 3 is 2.33 bits per heavy atom. The fourth-order valence-electron chi connectivity index (χ4n) is 0.102. The molecule has 0 spiro atoms. The highest BCUT2D eigenvalue weighted by Crippen LogP contribution is 1.80. The molecule has 6 heavy (non-hydrogen) atoms. The molecule has 0 atom stereocenters. The molecule has 2 heteroatoms. The van der Waals surface area contributed by atoms with E-state index < -0.39 is 0 Å². The van der Waals surface area contributed by atoms with Gasteiger partial charge in [-0.2, -0.15) is 0 Å². The first-order chi connectivity index (χ1) is 2.81. The van der Waals surface area contributed by atoms with Crippen molar-refractivity contribution < 1.29 is 5.11 Å². The first-order valence-corrected chi connectivity index (χ1v) is 2.32. The highest BCUT2D eigenvalue weighted by molar-refractivity contribution is 7.80. The van der Waals surface area contributed by atoms with Crippen molar-refractivity contribution in [1.29, 1.82) is 0 Å². The van der Waals surface area contributed by atoms with Gasteiger partial charge >= 0.3 is 0 Å². The molecule has 0 aromatic carbocycles. The SMILES string of the molecule is CCC(=S)C[O]. The number of thiocarbonyl (C=S) groups is 1. The van der Waals surface area contributed by atoms with Gasteiger partial charge in [0.2, 0.25) is 0 Å². The van der Waals surface area contributed by atoms with Gasteiger partial charge in [0, 0.05) is 4.86 Å². The van der Waals surface area contributed by atoms with Crippen molar-refractivity contribution in [2.75, 3.05) is 6.61 Å². The van der Waals surface area contributed by atoms with Crippen LogP contribution in [0.3, 0.4) is 0 Å². The predicted octanol–water partition coefficient (Wildman–Crippen LogP) is 1.20. The summed E-state index contributed by atoms with van der Waals surface area (Å²) < 4.78 is 0. The first-order valence-electron chi connectivity index (χ1n) is 1.91. The lowest BCUT2D eigenvalue weighted by molar-refractivity contribution is 0.245. The third-order valence-electron chi connectivity index (χ3n) is 0.555. The van der Waals surface area contributed by atoms with Crippen molar-refractivity contribution in [3.05, 3.63) is 0 Å². The van der Waals surface area contributed by atoms with Crippen molar-refractivity contribution in [2.24, 2.45) is 0 Å². The monoisotopic (exact) mass is 103 g/mol. The second-order valence-corrected chi connectivity index (χ2v) is 1.61. The molecule has 1 radical (unpaired) electrons. The van der Waals surface area contributed by atoms with Crippen LogP contribution in [-0.2, 0) is 5.11 Å². The van der Waals surface area contributed by atoms with Gasteiger partial charge in [0.15, 0.2) is 0 Å². The quantitative estimate of drug-likeness (QED) is 0.481. The molecule has 0 bridgehead atoms. The van der Waals surface area contributed by atoms with Crippen LogP contribution < -0.4 is 0 Å². The van der Waals surface area contributed by atoms with Crippen molar-refractivity contribution in [1.82, 2.24) is 0 Å². The molecule has 1 nitrogen and oxygen atoms in total. The van der Waals surface area contributed by atoms with Crippen molar-refractivity contribution in [2.45, 2.75) is 13.3 Å². The minimum absolute atomic E-state index is 0.189. The summed E-state index contributed by atoms with van der Waals surface area (Å²) in [5, 5.41) is 9.72. The standard InChI is InChI=1S/C4H7OS/c1-2-4(6)3-5/h2-3H2,1H3. The maximum Gasteiger partial charge on any atom is 0.113 e. The van der Waals surface area contributed by atoms with Gasteiger partial charge in [0.25, 0.3) is 0 Å². The van der Waals surface area contributed by atoms with E-state index in [0.717, 1.165) is 6.42 Å². The zero-order chi connectivity index (χ0) is 4.99. The van der Waals surface area contributed by atoms with Gasteiger partial charge in [0.05, 0.1) is 0 Å². The lowest BCUT2D eigenvalue weighted by atomic mass is 10.4. The molecule has 35 valence electrons. The van der Waals surface area contributed by atoms with Crippen LogP contribution in [0.1, 0.15) is 13.3 Å². The summed E-state index contributed by atoms with van der Waals surface area (Å²) in [7, 11) is 0. The Labute approximate surface area is 43.0 Å². The lowest BCUT2D eigenvalue weighted by Crippen LogP contribution is -1.94. The smallest absolute Gasteiger partial charge is 0.113 e. The molecule has 0 amide bonds. The minimum Gasteiger partial charge on any atom is -0.231 e. The number of hydrogen-bond donors (Lipinski definition) is 0. The van der Waals surface area contributed by atoms with E-state index in [1.54, 1.807) is 0 Å². The Balaban J connectivity index is 2.99. The van der Waals surface area contributed by atoms with Crippen LogP contribution in [0.25, 0.3) is 0 Å². The van der Waals surface area contributed by atoms with Crippen molar-refractivity contribution in [3.8, 4) is 0 Å². The number of hydrogen-bond acceptors (Lipinski definition) is 1. The topological polar surface area (TPSA) is 19.9 Å². The Kier molecular flexibility index (Phi) is 3.28. The normalized spacial score (nSPS) is 8.33. The summed E-state index contributed by atoms with van der Waals surface area (Å²) in [5.41, 5.74) is 0. The van der Waals surface area contributed by atoms with Crippen LogP contribution in [0, 0.1) is 0 Å². The zero-order valence-corrected chi connectivity index (χ0v) is 4.55. The Bertz CT molecular complexity index is 45.5. The Morgan fingerprint density at radius 1 is 1.83 bits per heavy atom. The van der Waals surface area contributed by atoms with Crippen LogP contribution in [0.2, 0.25) is 0 Å². The van der Waals surface area contributed by atoms with Crippen LogP contribution in [0.4, 0.5) is 0 Å². The van der Waals surface area contributed by atoms with Crippen molar-refractivity contribution in [3.63, 3.8) is 0 Å². The highest BCUT2D eigenvalue weighted by Gasteiger charge is 1.84. The van der Waals surface area contributed by atoms with E-state index in [9.17, 15) is 5.11 Å². The zero-order valence-electron chi connectivity index (χ0n) is 3.73. The molecular weight excluding hydrogens is 96.1 g/mol. The number of rotatable bonds is 2. The minimum atomic E-state index is -0.189. The van der Waals surface area contributed by atoms with Crippen LogP contribution in [-0.4, -0.2) is 11.5 Å². The molecule has 0 saturated heterocycles. The summed E-state index contributed by atoms with van der Waals surface area (Å²) in [6.45, 7) is 1.70. The molecule has 0 saturated carbocycles. The fraction of sp³-hybridized carbons (Fsp3) is 0.750. The summed E-state index contributed by atoms with van der Waals surface area (Å²) in [6, 6.07) is 0. The van der Waals surface area contributed by atoms with E-state index in [-0.39, 0.29) is 6.61 Å². The molecule has 0 aromatic heterocycles. The molecule has 0 aliphatic carbocycles. The lowest BCUT2D eigenvalue weighted by Gasteiger charge is -1.83. The second-order valence-electron chi connectivity index (χ2n) is 1.04. The largest absolute Gasteiger partial charge is 0.231 e. The van der Waals surface area contributed by atoms with Gasteiger partial charge in [-0.15, -0.1) is 0 Å². The van der Waals surface area contributed by atoms with E-state index in [2.05, 4.69) is 12.2 Å². The van der Waals surface area contributed by atoms with Gasteiger partial charge in [0.1, 0.15) is 6.61 Å². The van der Waals surface area contributed by atoms with Gasteiger partial charge in [-0.1, -0.05) is 19.1 Å². The summed E-state index contributed by atoms with van der Waals surface area (Å²) in [4.78, 5) is 0.620. The molecule has 0 heterocycles. The van der Waals surface area contributed by atoms with E-state index in [1.165, 1.54) is 0 Å². The van der Waals surface area contributed by atoms with Gasteiger partial charge in [-0.25, -0.2) is 5.11 Å². The van der Waals surface area contributed by atoms with E-state index in [0.29, 0.717) is 4.86 Å². The molecule has 0 aliphatic heterocycles. The van der Waals surface area contributed by atoms with Crippen molar-refractivity contribution >= 4 is 17.1 Å². The fourth-order valence-corrected chi connectivity index (χ4v) is 0.102. The molecule has 0 rings (SSSR count). The molecule has 0 aromatic rings. The van der Waals surface area contributed by atoms with Crippen LogP contribution in [0.5, 0.6) is 0 Å². The van der Waals surface area contributed by atoms with Gasteiger partial charge in [-0.05, 0) is 6.42 Å². The summed E-state index contributed by atoms with van der Waals surface area (Å²) in [5.74, 6) is 0. The van der Waals surface area contributed by atoms with Gasteiger partial charge < -0.3 is 0 Å². The average Bonchev–Trinajstić information content (AvgIpc) is 1.65. The second kappa shape index (κ2) is 3.25. The maximum atomic E-state index is 9.72. The summed E-state index contributed by atoms with van der Waals surface area (Å²) >= 11 is 4.54. The molecule has 0 N–H and O–H groups in total. The average molecular weight is 103 g/mol. The maximum absolute atomic E-state index is 9.72. The van der Waals surface area contributed by atoms with E-state index in [1.807, 2.05) is 6.92 Å². The van der Waals surface area contributed by atoms with E-state index in [4.69, 9.17) is 0 Å². The molecule has 0 unspecified atom stereocenters. The molecule has 0 fully saturated rings. The third kappa shape index (κ3) is 2.30. The summed E-state index contributed by atoms with van der Waals surface area (Å²) in [6.07, 6.45) is 0.749. The molecule has 0 aliphatic rings.